The van der Waals surface area contributed by atoms with Crippen LogP contribution in [0.25, 0.3) is 0 Å². The summed E-state index contributed by atoms with van der Waals surface area (Å²) >= 11 is 0. The first-order valence-electron chi connectivity index (χ1n) is 5.71. The van der Waals surface area contributed by atoms with Crippen molar-refractivity contribution in [3.05, 3.63) is 35.4 Å². The van der Waals surface area contributed by atoms with E-state index in [-0.39, 0.29) is 11.8 Å². The Morgan fingerprint density at radius 3 is 2.69 bits per heavy atom. The highest BCUT2D eigenvalue weighted by atomic mass is 16.2. The van der Waals surface area contributed by atoms with Gasteiger partial charge in [-0.15, -0.1) is 0 Å². The minimum atomic E-state index is 0.0430. The number of hydrazone groups is 1. The molecular formula is C13H16N2O. The zero-order chi connectivity index (χ0) is 11.4. The lowest BCUT2D eigenvalue weighted by Crippen LogP contribution is -2.18. The van der Waals surface area contributed by atoms with E-state index in [9.17, 15) is 4.79 Å². The third-order valence-corrected chi connectivity index (χ3v) is 2.72. The lowest BCUT2D eigenvalue weighted by molar-refractivity contribution is -0.122. The number of aryl methyl sites for hydroxylation is 1. The fourth-order valence-electron chi connectivity index (χ4n) is 1.45. The number of benzene rings is 1. The van der Waals surface area contributed by atoms with Crippen molar-refractivity contribution in [2.75, 3.05) is 0 Å². The molecule has 0 saturated heterocycles. The second-order valence-corrected chi connectivity index (χ2v) is 4.10. The van der Waals surface area contributed by atoms with Crippen LogP contribution in [0.5, 0.6) is 0 Å². The molecule has 1 aromatic carbocycles. The number of hydrogen-bond donors (Lipinski definition) is 1. The van der Waals surface area contributed by atoms with Crippen LogP contribution in [0.4, 0.5) is 0 Å². The summed E-state index contributed by atoms with van der Waals surface area (Å²) in [5.74, 6) is 0.251. The Labute approximate surface area is 95.6 Å². The van der Waals surface area contributed by atoms with Gasteiger partial charge in [0.05, 0.1) is 6.21 Å². The molecule has 3 heteroatoms. The Morgan fingerprint density at radius 1 is 1.44 bits per heavy atom. The van der Waals surface area contributed by atoms with Gasteiger partial charge in [0.25, 0.3) is 0 Å². The summed E-state index contributed by atoms with van der Waals surface area (Å²) in [4.78, 5) is 11.3. The summed E-state index contributed by atoms with van der Waals surface area (Å²) in [5.41, 5.74) is 4.86. The van der Waals surface area contributed by atoms with Crippen LogP contribution in [0.15, 0.2) is 29.4 Å². The van der Waals surface area contributed by atoms with E-state index in [1.165, 1.54) is 5.56 Å². The van der Waals surface area contributed by atoms with Crippen LogP contribution in [0.1, 0.15) is 30.9 Å². The monoisotopic (exact) mass is 216 g/mol. The molecule has 1 aliphatic carbocycles. The van der Waals surface area contributed by atoms with Gasteiger partial charge in [-0.05, 0) is 30.4 Å². The fraction of sp³-hybridized carbons (Fsp3) is 0.385. The molecule has 0 heterocycles. The molecule has 3 nitrogen and oxygen atoms in total. The Bertz CT molecular complexity index is 391. The van der Waals surface area contributed by atoms with Gasteiger partial charge in [-0.25, -0.2) is 5.43 Å². The Balaban J connectivity index is 1.87. The van der Waals surface area contributed by atoms with Crippen LogP contribution in [0.3, 0.4) is 0 Å². The highest BCUT2D eigenvalue weighted by Crippen LogP contribution is 2.28. The number of carbonyl (C=O) groups excluding carboxylic acids is 1. The van der Waals surface area contributed by atoms with Gasteiger partial charge < -0.3 is 0 Å². The smallest absolute Gasteiger partial charge is 0.243 e. The summed E-state index contributed by atoms with van der Waals surface area (Å²) in [6.45, 7) is 2.12. The van der Waals surface area contributed by atoms with Gasteiger partial charge in [-0.3, -0.25) is 4.79 Å². The highest BCUT2D eigenvalue weighted by molar-refractivity contribution is 5.84. The lowest BCUT2D eigenvalue weighted by atomic mass is 10.1. The maximum absolute atomic E-state index is 11.3. The van der Waals surface area contributed by atoms with Crippen molar-refractivity contribution in [2.24, 2.45) is 11.0 Å². The number of rotatable bonds is 4. The number of nitrogens with zero attached hydrogens (tertiary/aromatic N) is 1. The second-order valence-electron chi connectivity index (χ2n) is 4.10. The van der Waals surface area contributed by atoms with E-state index >= 15 is 0 Å². The van der Waals surface area contributed by atoms with Gasteiger partial charge in [0.1, 0.15) is 0 Å². The summed E-state index contributed by atoms with van der Waals surface area (Å²) in [6.07, 6.45) is 4.73. The molecule has 1 fully saturated rings. The predicted molar refractivity (Wildman–Crippen MR) is 64.3 cm³/mol. The number of amides is 1. The van der Waals surface area contributed by atoms with E-state index in [2.05, 4.69) is 29.6 Å². The molecule has 0 bridgehead atoms. The summed E-state index contributed by atoms with van der Waals surface area (Å²) < 4.78 is 0. The van der Waals surface area contributed by atoms with Gasteiger partial charge >= 0.3 is 0 Å². The molecule has 1 aliphatic rings. The van der Waals surface area contributed by atoms with Crippen LogP contribution in [-0.2, 0) is 11.2 Å². The van der Waals surface area contributed by atoms with Crippen molar-refractivity contribution < 1.29 is 4.79 Å². The quantitative estimate of drug-likeness (QED) is 0.608. The van der Waals surface area contributed by atoms with Crippen molar-refractivity contribution >= 4 is 12.1 Å². The fourth-order valence-corrected chi connectivity index (χ4v) is 1.45. The van der Waals surface area contributed by atoms with Gasteiger partial charge in [0, 0.05) is 5.92 Å². The molecule has 0 unspecified atom stereocenters. The molecule has 2 rings (SSSR count). The summed E-state index contributed by atoms with van der Waals surface area (Å²) in [6, 6.07) is 8.16. The van der Waals surface area contributed by atoms with E-state index in [1.807, 2.05) is 12.1 Å². The van der Waals surface area contributed by atoms with E-state index in [4.69, 9.17) is 0 Å². The molecule has 0 aliphatic heterocycles. The number of hydrogen-bond acceptors (Lipinski definition) is 2. The Morgan fingerprint density at radius 2 is 2.12 bits per heavy atom. The minimum absolute atomic E-state index is 0.0430. The third-order valence-electron chi connectivity index (χ3n) is 2.72. The predicted octanol–water partition coefficient (Wildman–Crippen LogP) is 2.11. The SMILES string of the molecule is CCc1ccc(/C=N/NC(=O)C2CC2)cc1. The van der Waals surface area contributed by atoms with E-state index in [0.717, 1.165) is 24.8 Å². The van der Waals surface area contributed by atoms with Crippen molar-refractivity contribution in [2.45, 2.75) is 26.2 Å². The van der Waals surface area contributed by atoms with Gasteiger partial charge in [0.2, 0.25) is 5.91 Å². The first kappa shape index (κ1) is 10.9. The van der Waals surface area contributed by atoms with Gasteiger partial charge in [0.15, 0.2) is 0 Å². The molecule has 1 N–H and O–H groups in total. The highest BCUT2D eigenvalue weighted by Gasteiger charge is 2.29. The van der Waals surface area contributed by atoms with Crippen LogP contribution >= 0.6 is 0 Å². The van der Waals surface area contributed by atoms with Crippen LogP contribution < -0.4 is 5.43 Å². The standard InChI is InChI=1S/C13H16N2O/c1-2-10-3-5-11(6-4-10)9-14-15-13(16)12-7-8-12/h3-6,9,12H,2,7-8H2,1H3,(H,15,16)/b14-9+. The molecule has 0 radical (unpaired) electrons. The molecule has 1 amide bonds. The average molecular weight is 216 g/mol. The van der Waals surface area contributed by atoms with Crippen molar-refractivity contribution in [3.63, 3.8) is 0 Å². The van der Waals surface area contributed by atoms with Crippen molar-refractivity contribution in [3.8, 4) is 0 Å². The summed E-state index contributed by atoms with van der Waals surface area (Å²) in [7, 11) is 0. The zero-order valence-electron chi connectivity index (χ0n) is 9.44. The molecule has 0 spiro atoms. The minimum Gasteiger partial charge on any atom is -0.273 e. The first-order valence-corrected chi connectivity index (χ1v) is 5.71. The van der Waals surface area contributed by atoms with Crippen molar-refractivity contribution in [1.29, 1.82) is 0 Å². The zero-order valence-corrected chi connectivity index (χ0v) is 9.44. The molecule has 84 valence electrons. The van der Waals surface area contributed by atoms with Gasteiger partial charge in [-0.1, -0.05) is 31.2 Å². The van der Waals surface area contributed by atoms with E-state index < -0.39 is 0 Å². The molecule has 0 atom stereocenters. The topological polar surface area (TPSA) is 41.5 Å². The lowest BCUT2D eigenvalue weighted by Gasteiger charge is -1.98. The largest absolute Gasteiger partial charge is 0.273 e. The third kappa shape index (κ3) is 2.92. The van der Waals surface area contributed by atoms with Gasteiger partial charge in [-0.2, -0.15) is 5.10 Å². The van der Waals surface area contributed by atoms with E-state index in [1.54, 1.807) is 6.21 Å². The Kier molecular flexibility index (Phi) is 3.34. The molecule has 1 saturated carbocycles. The van der Waals surface area contributed by atoms with Crippen molar-refractivity contribution in [1.82, 2.24) is 5.43 Å². The maximum atomic E-state index is 11.3. The molecule has 16 heavy (non-hydrogen) atoms. The normalized spacial score (nSPS) is 15.3. The first-order chi connectivity index (χ1) is 7.79. The molecule has 0 aromatic heterocycles. The number of carbonyl (C=O) groups is 1. The molecule has 1 aromatic rings. The summed E-state index contributed by atoms with van der Waals surface area (Å²) in [5, 5.41) is 3.93. The van der Waals surface area contributed by atoms with Crippen LogP contribution in [-0.4, -0.2) is 12.1 Å². The molecular weight excluding hydrogens is 200 g/mol. The second kappa shape index (κ2) is 4.92. The average Bonchev–Trinajstić information content (AvgIpc) is 3.14. The maximum Gasteiger partial charge on any atom is 0.243 e. The Hall–Kier alpha value is -1.64. The van der Waals surface area contributed by atoms with Crippen LogP contribution in [0, 0.1) is 5.92 Å². The van der Waals surface area contributed by atoms with Crippen LogP contribution in [0.2, 0.25) is 0 Å². The number of nitrogens with one attached hydrogen (secondary N) is 1. The van der Waals surface area contributed by atoms with E-state index in [0.29, 0.717) is 0 Å².